The van der Waals surface area contributed by atoms with Crippen molar-refractivity contribution in [1.29, 1.82) is 0 Å². The van der Waals surface area contributed by atoms with Crippen molar-refractivity contribution >= 4 is 17.4 Å². The van der Waals surface area contributed by atoms with E-state index in [1.54, 1.807) is 0 Å². The molecule has 5 heteroatoms. The van der Waals surface area contributed by atoms with Crippen LogP contribution in [0.5, 0.6) is 5.75 Å². The third-order valence-corrected chi connectivity index (χ3v) is 4.89. The lowest BCUT2D eigenvalue weighted by molar-refractivity contribution is 0.0921. The fraction of sp³-hybridized carbons (Fsp3) is 0.227. The summed E-state index contributed by atoms with van der Waals surface area (Å²) in [5.74, 6) is -0.278. The zero-order valence-electron chi connectivity index (χ0n) is 15.3. The van der Waals surface area contributed by atoms with Crippen LogP contribution in [0.1, 0.15) is 27.3 Å². The minimum absolute atomic E-state index is 0.130. The van der Waals surface area contributed by atoms with Gasteiger partial charge in [-0.1, -0.05) is 41.9 Å². The summed E-state index contributed by atoms with van der Waals surface area (Å²) in [6.07, 6.45) is 0.895. The SMILES string of the molecule is Cc1cc(C(=O)COc2ccc(F)cc2Cl)c(C)n1CCc1ccccc1. The second-order valence-corrected chi connectivity index (χ2v) is 6.87. The first kappa shape index (κ1) is 19.2. The standard InChI is InChI=1S/C22H21ClFNO2/c1-15-12-19(16(2)25(15)11-10-17-6-4-3-5-7-17)21(26)14-27-22-9-8-18(24)13-20(22)23/h3-9,12-13H,10-11,14H2,1-2H3. The van der Waals surface area contributed by atoms with Crippen molar-refractivity contribution in [3.8, 4) is 5.75 Å². The highest BCUT2D eigenvalue weighted by molar-refractivity contribution is 6.32. The Morgan fingerprint density at radius 3 is 2.56 bits per heavy atom. The molecule has 0 aliphatic rings. The number of ketones is 1. The van der Waals surface area contributed by atoms with Gasteiger partial charge in [0.15, 0.2) is 6.61 Å². The summed E-state index contributed by atoms with van der Waals surface area (Å²) in [4.78, 5) is 12.6. The molecule has 0 radical (unpaired) electrons. The lowest BCUT2D eigenvalue weighted by Gasteiger charge is -2.10. The van der Waals surface area contributed by atoms with Crippen LogP contribution in [0.15, 0.2) is 54.6 Å². The molecule has 3 rings (SSSR count). The van der Waals surface area contributed by atoms with Gasteiger partial charge in [0.05, 0.1) is 5.02 Å². The number of carbonyl (C=O) groups is 1. The first-order valence-electron chi connectivity index (χ1n) is 8.77. The summed E-state index contributed by atoms with van der Waals surface area (Å²) in [7, 11) is 0. The van der Waals surface area contributed by atoms with Crippen LogP contribution in [0.25, 0.3) is 0 Å². The molecule has 3 nitrogen and oxygen atoms in total. The molecule has 0 saturated heterocycles. The molecule has 0 atom stereocenters. The molecule has 3 aromatic rings. The minimum atomic E-state index is -0.444. The molecule has 0 unspecified atom stereocenters. The van der Waals surface area contributed by atoms with E-state index in [0.29, 0.717) is 11.3 Å². The summed E-state index contributed by atoms with van der Waals surface area (Å²) < 4.78 is 20.7. The molecule has 0 saturated carbocycles. The van der Waals surface area contributed by atoms with Gasteiger partial charge >= 0.3 is 0 Å². The van der Waals surface area contributed by atoms with Gasteiger partial charge in [0.25, 0.3) is 0 Å². The van der Waals surface area contributed by atoms with Crippen molar-refractivity contribution in [3.05, 3.63) is 88.0 Å². The molecule has 1 heterocycles. The van der Waals surface area contributed by atoms with E-state index in [9.17, 15) is 9.18 Å². The summed E-state index contributed by atoms with van der Waals surface area (Å²) in [6, 6.07) is 16.0. The Labute approximate surface area is 163 Å². The van der Waals surface area contributed by atoms with Gasteiger partial charge in [-0.05, 0) is 50.1 Å². The number of Topliss-reactive ketones (excluding diaryl/α,β-unsaturated/α-hetero) is 1. The van der Waals surface area contributed by atoms with Crippen LogP contribution in [-0.2, 0) is 13.0 Å². The van der Waals surface area contributed by atoms with Crippen molar-refractivity contribution < 1.29 is 13.9 Å². The van der Waals surface area contributed by atoms with E-state index in [-0.39, 0.29) is 17.4 Å². The number of halogens is 2. The molecule has 0 bridgehead atoms. The smallest absolute Gasteiger partial charge is 0.202 e. The van der Waals surface area contributed by atoms with Gasteiger partial charge in [-0.15, -0.1) is 0 Å². The van der Waals surface area contributed by atoms with E-state index in [0.717, 1.165) is 30.4 Å². The number of hydrogen-bond donors (Lipinski definition) is 0. The molecular weight excluding hydrogens is 365 g/mol. The number of carbonyl (C=O) groups excluding carboxylic acids is 1. The van der Waals surface area contributed by atoms with Gasteiger partial charge in [0, 0.05) is 23.5 Å². The van der Waals surface area contributed by atoms with E-state index < -0.39 is 5.82 Å². The first-order valence-corrected chi connectivity index (χ1v) is 9.15. The van der Waals surface area contributed by atoms with Crippen LogP contribution in [-0.4, -0.2) is 17.0 Å². The average molecular weight is 386 g/mol. The first-order chi connectivity index (χ1) is 13.0. The predicted molar refractivity (Wildman–Crippen MR) is 105 cm³/mol. The Bertz CT molecular complexity index is 950. The highest BCUT2D eigenvalue weighted by Crippen LogP contribution is 2.25. The number of rotatable bonds is 7. The van der Waals surface area contributed by atoms with Crippen molar-refractivity contribution in [3.63, 3.8) is 0 Å². The maximum absolute atomic E-state index is 13.1. The molecule has 1 aromatic heterocycles. The van der Waals surface area contributed by atoms with Gasteiger partial charge in [0.2, 0.25) is 5.78 Å². The van der Waals surface area contributed by atoms with E-state index in [4.69, 9.17) is 16.3 Å². The molecule has 0 fully saturated rings. The van der Waals surface area contributed by atoms with Crippen molar-refractivity contribution in [2.24, 2.45) is 0 Å². The Morgan fingerprint density at radius 1 is 1.11 bits per heavy atom. The minimum Gasteiger partial charge on any atom is -0.484 e. The monoisotopic (exact) mass is 385 g/mol. The lowest BCUT2D eigenvalue weighted by atomic mass is 10.1. The average Bonchev–Trinajstić information content (AvgIpc) is 2.94. The molecule has 0 aliphatic carbocycles. The van der Waals surface area contributed by atoms with Crippen LogP contribution >= 0.6 is 11.6 Å². The quantitative estimate of drug-likeness (QED) is 0.510. The highest BCUT2D eigenvalue weighted by Gasteiger charge is 2.17. The maximum atomic E-state index is 13.1. The fourth-order valence-corrected chi connectivity index (χ4v) is 3.35. The molecule has 0 aliphatic heterocycles. The zero-order chi connectivity index (χ0) is 19.4. The molecule has 140 valence electrons. The number of aryl methyl sites for hydroxylation is 2. The van der Waals surface area contributed by atoms with Gasteiger partial charge in [0.1, 0.15) is 11.6 Å². The zero-order valence-corrected chi connectivity index (χ0v) is 16.1. The number of aromatic nitrogens is 1. The fourth-order valence-electron chi connectivity index (χ4n) is 3.13. The maximum Gasteiger partial charge on any atom is 0.202 e. The van der Waals surface area contributed by atoms with Crippen LogP contribution < -0.4 is 4.74 Å². The van der Waals surface area contributed by atoms with Crippen molar-refractivity contribution in [2.75, 3.05) is 6.61 Å². The van der Waals surface area contributed by atoms with Gasteiger partial charge < -0.3 is 9.30 Å². The molecule has 0 amide bonds. The Hall–Kier alpha value is -2.59. The van der Waals surface area contributed by atoms with Crippen molar-refractivity contribution in [1.82, 2.24) is 4.57 Å². The Balaban J connectivity index is 1.68. The molecule has 0 spiro atoms. The van der Waals surface area contributed by atoms with E-state index in [1.165, 1.54) is 17.7 Å². The topological polar surface area (TPSA) is 31.2 Å². The third kappa shape index (κ3) is 4.58. The van der Waals surface area contributed by atoms with Crippen molar-refractivity contribution in [2.45, 2.75) is 26.8 Å². The molecular formula is C22H21ClFNO2. The summed E-state index contributed by atoms with van der Waals surface area (Å²) >= 11 is 5.94. The summed E-state index contributed by atoms with van der Waals surface area (Å²) in [5, 5.41) is 0.149. The predicted octanol–water partition coefficient (Wildman–Crippen LogP) is 5.40. The number of ether oxygens (including phenoxy) is 1. The van der Waals surface area contributed by atoms with Crippen LogP contribution in [0.3, 0.4) is 0 Å². The van der Waals surface area contributed by atoms with Gasteiger partial charge in [-0.25, -0.2) is 4.39 Å². The highest BCUT2D eigenvalue weighted by atomic mass is 35.5. The van der Waals surface area contributed by atoms with E-state index in [2.05, 4.69) is 16.7 Å². The largest absolute Gasteiger partial charge is 0.484 e. The van der Waals surface area contributed by atoms with E-state index in [1.807, 2.05) is 38.1 Å². The molecule has 0 N–H and O–H groups in total. The Morgan fingerprint density at radius 2 is 1.85 bits per heavy atom. The molecule has 2 aromatic carbocycles. The third-order valence-electron chi connectivity index (χ3n) is 4.59. The number of benzene rings is 2. The number of hydrogen-bond acceptors (Lipinski definition) is 2. The van der Waals surface area contributed by atoms with Crippen LogP contribution in [0.2, 0.25) is 5.02 Å². The van der Waals surface area contributed by atoms with E-state index >= 15 is 0 Å². The van der Waals surface area contributed by atoms with Gasteiger partial charge in [-0.2, -0.15) is 0 Å². The van der Waals surface area contributed by atoms with Crippen LogP contribution in [0, 0.1) is 19.7 Å². The normalized spacial score (nSPS) is 10.8. The van der Waals surface area contributed by atoms with Crippen LogP contribution in [0.4, 0.5) is 4.39 Å². The van der Waals surface area contributed by atoms with Gasteiger partial charge in [-0.3, -0.25) is 4.79 Å². The summed E-state index contributed by atoms with van der Waals surface area (Å²) in [5.41, 5.74) is 3.85. The Kier molecular flexibility index (Phi) is 5.97. The second kappa shape index (κ2) is 8.40. The second-order valence-electron chi connectivity index (χ2n) is 6.46. The lowest BCUT2D eigenvalue weighted by Crippen LogP contribution is -2.13. The number of nitrogens with zero attached hydrogens (tertiary/aromatic N) is 1. The summed E-state index contributed by atoms with van der Waals surface area (Å²) in [6.45, 7) is 4.59. The molecule has 27 heavy (non-hydrogen) atoms.